The maximum Gasteiger partial charge on any atom is 0.410 e. The summed E-state index contributed by atoms with van der Waals surface area (Å²) in [6.07, 6.45) is 3.96. The molecule has 0 aromatic heterocycles. The molecule has 0 bridgehead atoms. The van der Waals surface area contributed by atoms with Gasteiger partial charge in [0.1, 0.15) is 5.60 Å². The van der Waals surface area contributed by atoms with Crippen LogP contribution in [0.1, 0.15) is 52.9 Å². The van der Waals surface area contributed by atoms with Gasteiger partial charge in [-0.05, 0) is 46.0 Å². The van der Waals surface area contributed by atoms with Gasteiger partial charge in [0.05, 0.1) is 5.41 Å². The van der Waals surface area contributed by atoms with Gasteiger partial charge in [-0.2, -0.15) is 0 Å². The van der Waals surface area contributed by atoms with Gasteiger partial charge in [-0.3, -0.25) is 4.79 Å². The third kappa shape index (κ3) is 3.64. The summed E-state index contributed by atoms with van der Waals surface area (Å²) in [5, 5.41) is 9.62. The molecule has 2 rings (SSSR count). The van der Waals surface area contributed by atoms with Crippen molar-refractivity contribution in [2.75, 3.05) is 13.1 Å². The number of nitrogens with zero attached hydrogens (tertiary/aromatic N) is 1. The first kappa shape index (κ1) is 15.1. The molecule has 1 heterocycles. The van der Waals surface area contributed by atoms with Gasteiger partial charge in [0.15, 0.2) is 0 Å². The number of carboxylic acids is 1. The molecular formula is C15H25NO4. The summed E-state index contributed by atoms with van der Waals surface area (Å²) in [5.41, 5.74) is -1.31. The number of carbonyl (C=O) groups is 2. The Morgan fingerprint density at radius 2 is 2.00 bits per heavy atom. The highest BCUT2D eigenvalue weighted by molar-refractivity contribution is 5.77. The second-order valence-corrected chi connectivity index (χ2v) is 7.24. The van der Waals surface area contributed by atoms with Crippen LogP contribution in [0.3, 0.4) is 0 Å². The zero-order valence-corrected chi connectivity index (χ0v) is 12.6. The van der Waals surface area contributed by atoms with Gasteiger partial charge in [-0.15, -0.1) is 0 Å². The maximum atomic E-state index is 12.1. The van der Waals surface area contributed by atoms with Gasteiger partial charge in [0.25, 0.3) is 0 Å². The fraction of sp³-hybridized carbons (Fsp3) is 0.867. The normalized spacial score (nSPS) is 27.2. The van der Waals surface area contributed by atoms with Crippen molar-refractivity contribution in [1.29, 1.82) is 0 Å². The van der Waals surface area contributed by atoms with Crippen molar-refractivity contribution in [3.63, 3.8) is 0 Å². The van der Waals surface area contributed by atoms with Crippen LogP contribution in [0.4, 0.5) is 4.79 Å². The van der Waals surface area contributed by atoms with Gasteiger partial charge >= 0.3 is 12.1 Å². The summed E-state index contributed by atoms with van der Waals surface area (Å²) in [6, 6.07) is 0. The van der Waals surface area contributed by atoms with Crippen LogP contribution >= 0.6 is 0 Å². The van der Waals surface area contributed by atoms with Crippen LogP contribution in [0.15, 0.2) is 0 Å². The third-order valence-corrected chi connectivity index (χ3v) is 4.06. The van der Waals surface area contributed by atoms with Crippen molar-refractivity contribution < 1.29 is 19.4 Å². The zero-order valence-electron chi connectivity index (χ0n) is 12.6. The number of carbonyl (C=O) groups excluding carboxylic acids is 1. The number of likely N-dealkylation sites (tertiary alicyclic amines) is 1. The first-order valence-electron chi connectivity index (χ1n) is 7.43. The molecule has 1 atom stereocenters. The van der Waals surface area contributed by atoms with E-state index in [4.69, 9.17) is 4.74 Å². The summed E-state index contributed by atoms with van der Waals surface area (Å²) in [5.74, 6) is -0.234. The minimum atomic E-state index is -0.768. The lowest BCUT2D eigenvalue weighted by atomic mass is 9.76. The minimum Gasteiger partial charge on any atom is -0.481 e. The zero-order chi connectivity index (χ0) is 15.0. The average molecular weight is 283 g/mol. The fourth-order valence-corrected chi connectivity index (χ4v) is 2.92. The lowest BCUT2D eigenvalue weighted by Crippen LogP contribution is -2.51. The topological polar surface area (TPSA) is 66.8 Å². The van der Waals surface area contributed by atoms with Crippen molar-refractivity contribution in [3.8, 4) is 0 Å². The summed E-state index contributed by atoms with van der Waals surface area (Å²) in [4.78, 5) is 25.4. The molecule has 0 spiro atoms. The monoisotopic (exact) mass is 283 g/mol. The lowest BCUT2D eigenvalue weighted by molar-refractivity contribution is -0.153. The van der Waals surface area contributed by atoms with Gasteiger partial charge in [0.2, 0.25) is 0 Å². The van der Waals surface area contributed by atoms with Crippen molar-refractivity contribution in [1.82, 2.24) is 4.90 Å². The van der Waals surface area contributed by atoms with Gasteiger partial charge in [0, 0.05) is 13.1 Å². The van der Waals surface area contributed by atoms with Gasteiger partial charge in [-0.1, -0.05) is 12.8 Å². The van der Waals surface area contributed by atoms with Crippen LogP contribution in [0.5, 0.6) is 0 Å². The number of carboxylic acid groups (broad SMARTS) is 1. The molecule has 5 nitrogen and oxygen atoms in total. The molecule has 1 aliphatic carbocycles. The molecule has 5 heteroatoms. The van der Waals surface area contributed by atoms with E-state index in [0.717, 1.165) is 19.3 Å². The Balaban J connectivity index is 2.05. The van der Waals surface area contributed by atoms with E-state index >= 15 is 0 Å². The van der Waals surface area contributed by atoms with E-state index in [-0.39, 0.29) is 6.54 Å². The van der Waals surface area contributed by atoms with E-state index < -0.39 is 23.1 Å². The van der Waals surface area contributed by atoms with E-state index in [0.29, 0.717) is 25.3 Å². The number of hydrogen-bond acceptors (Lipinski definition) is 3. The third-order valence-electron chi connectivity index (χ3n) is 4.06. The summed E-state index contributed by atoms with van der Waals surface area (Å²) in [6.45, 7) is 6.35. The molecule has 0 radical (unpaired) electrons. The van der Waals surface area contributed by atoms with Crippen molar-refractivity contribution in [2.24, 2.45) is 11.3 Å². The van der Waals surface area contributed by atoms with Crippen LogP contribution in [0, 0.1) is 11.3 Å². The number of rotatable bonds is 3. The lowest BCUT2D eigenvalue weighted by Gasteiger charge is -2.40. The van der Waals surface area contributed by atoms with Crippen molar-refractivity contribution in [3.05, 3.63) is 0 Å². The van der Waals surface area contributed by atoms with E-state index in [1.165, 1.54) is 0 Å². The molecule has 20 heavy (non-hydrogen) atoms. The molecule has 1 saturated heterocycles. The summed E-state index contributed by atoms with van der Waals surface area (Å²) < 4.78 is 5.36. The number of ether oxygens (including phenoxy) is 1. The quantitative estimate of drug-likeness (QED) is 0.864. The molecule has 1 aliphatic heterocycles. The SMILES string of the molecule is CC(C)(C)OC(=O)N1CCCC(CC2CC2)(C(=O)O)C1. The Bertz CT molecular complexity index is 397. The number of hydrogen-bond donors (Lipinski definition) is 1. The number of aliphatic carboxylic acids is 1. The Kier molecular flexibility index (Phi) is 3.98. The molecule has 114 valence electrons. The van der Waals surface area contributed by atoms with Gasteiger partial charge in [-0.25, -0.2) is 4.79 Å². The van der Waals surface area contributed by atoms with Crippen molar-refractivity contribution in [2.45, 2.75) is 58.5 Å². The fourth-order valence-electron chi connectivity index (χ4n) is 2.92. The molecular weight excluding hydrogens is 258 g/mol. The average Bonchev–Trinajstić information content (AvgIpc) is 3.10. The highest BCUT2D eigenvalue weighted by Gasteiger charge is 2.47. The molecule has 1 N–H and O–H groups in total. The first-order valence-corrected chi connectivity index (χ1v) is 7.43. The van der Waals surface area contributed by atoms with E-state index in [1.807, 2.05) is 20.8 Å². The summed E-state index contributed by atoms with van der Waals surface area (Å²) in [7, 11) is 0. The second kappa shape index (κ2) is 5.26. The Labute approximate surface area is 120 Å². The number of amides is 1. The molecule has 1 amide bonds. The first-order chi connectivity index (χ1) is 9.22. The van der Waals surface area contributed by atoms with Crippen LogP contribution in [0.25, 0.3) is 0 Å². The predicted molar refractivity (Wildman–Crippen MR) is 74.5 cm³/mol. The Morgan fingerprint density at radius 1 is 1.35 bits per heavy atom. The Morgan fingerprint density at radius 3 is 2.50 bits per heavy atom. The smallest absolute Gasteiger partial charge is 0.410 e. The maximum absolute atomic E-state index is 12.1. The minimum absolute atomic E-state index is 0.285. The molecule has 0 aromatic rings. The largest absolute Gasteiger partial charge is 0.481 e. The van der Waals surface area contributed by atoms with E-state index in [2.05, 4.69) is 0 Å². The van der Waals surface area contributed by atoms with Crippen molar-refractivity contribution >= 4 is 12.1 Å². The molecule has 1 unspecified atom stereocenters. The van der Waals surface area contributed by atoms with Crippen LogP contribution in [-0.2, 0) is 9.53 Å². The standard InChI is InChI=1S/C15H25NO4/c1-14(2,3)20-13(19)16-8-4-7-15(10-16,12(17)18)9-11-5-6-11/h11H,4-10H2,1-3H3,(H,17,18). The molecule has 0 aromatic carbocycles. The van der Waals surface area contributed by atoms with Crippen LogP contribution in [0.2, 0.25) is 0 Å². The predicted octanol–water partition coefficient (Wildman–Crippen LogP) is 2.89. The number of piperidine rings is 1. The Hall–Kier alpha value is -1.26. The van der Waals surface area contributed by atoms with E-state index in [1.54, 1.807) is 4.90 Å². The summed E-state index contributed by atoms with van der Waals surface area (Å²) >= 11 is 0. The van der Waals surface area contributed by atoms with E-state index in [9.17, 15) is 14.7 Å². The molecule has 2 fully saturated rings. The van der Waals surface area contributed by atoms with Crippen LogP contribution < -0.4 is 0 Å². The second-order valence-electron chi connectivity index (χ2n) is 7.24. The molecule has 1 saturated carbocycles. The highest BCUT2D eigenvalue weighted by Crippen LogP contribution is 2.45. The van der Waals surface area contributed by atoms with Crippen LogP contribution in [-0.4, -0.2) is 40.8 Å². The highest BCUT2D eigenvalue weighted by atomic mass is 16.6. The molecule has 2 aliphatic rings. The van der Waals surface area contributed by atoms with Gasteiger partial charge < -0.3 is 14.7 Å².